The van der Waals surface area contributed by atoms with E-state index in [9.17, 15) is 4.79 Å². The lowest BCUT2D eigenvalue weighted by Crippen LogP contribution is -2.35. The highest BCUT2D eigenvalue weighted by atomic mass is 32.1. The fourth-order valence-corrected chi connectivity index (χ4v) is 1.17. The number of nitrogens with two attached hydrogens (primary N) is 1. The van der Waals surface area contributed by atoms with Crippen LogP contribution in [-0.4, -0.2) is 24.0 Å². The zero-order valence-corrected chi connectivity index (χ0v) is 9.84. The van der Waals surface area contributed by atoms with E-state index in [0.717, 1.165) is 5.56 Å². The van der Waals surface area contributed by atoms with Gasteiger partial charge in [0.05, 0.1) is 11.5 Å². The Morgan fingerprint density at radius 1 is 1.50 bits per heavy atom. The van der Waals surface area contributed by atoms with Gasteiger partial charge in [0, 0.05) is 0 Å². The number of ether oxygens (including phenoxy) is 1. The molecular weight excluding hydrogens is 224 g/mol. The predicted molar refractivity (Wildman–Crippen MR) is 66.5 cm³/mol. The maximum atomic E-state index is 11.3. The summed E-state index contributed by atoms with van der Waals surface area (Å²) in [6.45, 7) is 2.08. The summed E-state index contributed by atoms with van der Waals surface area (Å²) in [5.41, 5.74) is 6.24. The average Bonchev–Trinajstić information content (AvgIpc) is 2.25. The van der Waals surface area contributed by atoms with Gasteiger partial charge < -0.3 is 15.8 Å². The van der Waals surface area contributed by atoms with E-state index in [0.29, 0.717) is 5.75 Å². The lowest BCUT2D eigenvalue weighted by Gasteiger charge is -2.08. The smallest absolute Gasteiger partial charge is 0.258 e. The van der Waals surface area contributed by atoms with Crippen molar-refractivity contribution in [3.05, 3.63) is 29.8 Å². The Kier molecular flexibility index (Phi) is 4.72. The summed E-state index contributed by atoms with van der Waals surface area (Å²) in [7, 11) is 0. The number of nitrogens with one attached hydrogen (secondary N) is 1. The summed E-state index contributed by atoms with van der Waals surface area (Å²) in [4.78, 5) is 11.5. The fraction of sp³-hybridized carbons (Fsp3) is 0.273. The Balaban J connectivity index is 2.37. The molecule has 0 unspecified atom stereocenters. The molecule has 16 heavy (non-hydrogen) atoms. The number of para-hydroxylation sites is 1. The van der Waals surface area contributed by atoms with E-state index in [1.807, 2.05) is 31.2 Å². The Bertz CT molecular complexity index is 393. The zero-order valence-electron chi connectivity index (χ0n) is 9.03. The predicted octanol–water partition coefficient (Wildman–Crippen LogP) is 0.776. The van der Waals surface area contributed by atoms with Crippen molar-refractivity contribution in [2.24, 2.45) is 5.73 Å². The van der Waals surface area contributed by atoms with E-state index in [1.54, 1.807) is 0 Å². The molecule has 1 rings (SSSR count). The summed E-state index contributed by atoms with van der Waals surface area (Å²) < 4.78 is 5.33. The highest BCUT2D eigenvalue weighted by Crippen LogP contribution is 2.15. The number of hydrogen-bond donors (Lipinski definition) is 2. The molecule has 0 fully saturated rings. The zero-order chi connectivity index (χ0) is 12.0. The minimum Gasteiger partial charge on any atom is -0.484 e. The van der Waals surface area contributed by atoms with E-state index < -0.39 is 0 Å². The average molecular weight is 238 g/mol. The molecule has 0 atom stereocenters. The highest BCUT2D eigenvalue weighted by Gasteiger charge is 2.03. The van der Waals surface area contributed by atoms with E-state index in [-0.39, 0.29) is 24.0 Å². The number of rotatable bonds is 5. The molecule has 5 heteroatoms. The van der Waals surface area contributed by atoms with Crippen LogP contribution in [0.1, 0.15) is 5.56 Å². The van der Waals surface area contributed by atoms with Crippen molar-refractivity contribution in [2.75, 3.05) is 13.2 Å². The monoisotopic (exact) mass is 238 g/mol. The molecule has 86 valence electrons. The number of thiocarbonyl (C=S) groups is 1. The summed E-state index contributed by atoms with van der Waals surface area (Å²) >= 11 is 4.63. The summed E-state index contributed by atoms with van der Waals surface area (Å²) in [6, 6.07) is 7.50. The maximum absolute atomic E-state index is 11.3. The van der Waals surface area contributed by atoms with Crippen molar-refractivity contribution in [2.45, 2.75) is 6.92 Å². The van der Waals surface area contributed by atoms with Gasteiger partial charge in [0.2, 0.25) is 0 Å². The van der Waals surface area contributed by atoms with Crippen LogP contribution in [0, 0.1) is 6.92 Å². The van der Waals surface area contributed by atoms with Crippen molar-refractivity contribution < 1.29 is 9.53 Å². The van der Waals surface area contributed by atoms with Crippen LogP contribution in [0.2, 0.25) is 0 Å². The highest BCUT2D eigenvalue weighted by molar-refractivity contribution is 7.80. The van der Waals surface area contributed by atoms with E-state index in [1.165, 1.54) is 0 Å². The van der Waals surface area contributed by atoms with Gasteiger partial charge in [0.15, 0.2) is 6.61 Å². The molecular formula is C11H14N2O2S. The first-order valence-electron chi connectivity index (χ1n) is 4.83. The van der Waals surface area contributed by atoms with E-state index >= 15 is 0 Å². The summed E-state index contributed by atoms with van der Waals surface area (Å²) in [5, 5.41) is 2.54. The molecule has 1 amide bonds. The minimum atomic E-state index is -0.240. The van der Waals surface area contributed by atoms with Crippen LogP contribution in [0.25, 0.3) is 0 Å². The molecule has 0 bridgehead atoms. The Hall–Kier alpha value is -1.62. The first kappa shape index (κ1) is 12.4. The Morgan fingerprint density at radius 2 is 2.19 bits per heavy atom. The molecule has 3 N–H and O–H groups in total. The minimum absolute atomic E-state index is 0.0343. The second-order valence-electron chi connectivity index (χ2n) is 3.30. The Morgan fingerprint density at radius 3 is 2.81 bits per heavy atom. The quantitative estimate of drug-likeness (QED) is 0.744. The van der Waals surface area contributed by atoms with E-state index in [2.05, 4.69) is 17.5 Å². The normalized spacial score (nSPS) is 9.56. The third-order valence-electron chi connectivity index (χ3n) is 1.91. The molecule has 0 radical (unpaired) electrons. The molecule has 0 spiro atoms. The van der Waals surface area contributed by atoms with Gasteiger partial charge in [-0.15, -0.1) is 0 Å². The molecule has 0 heterocycles. The summed E-state index contributed by atoms with van der Waals surface area (Å²) in [6.07, 6.45) is 0. The summed E-state index contributed by atoms with van der Waals surface area (Å²) in [5.74, 6) is 0.462. The molecule has 0 aliphatic carbocycles. The first-order valence-corrected chi connectivity index (χ1v) is 5.24. The second kappa shape index (κ2) is 6.07. The Labute approximate surface area is 99.8 Å². The van der Waals surface area contributed by atoms with Crippen LogP contribution in [0.5, 0.6) is 5.75 Å². The molecule has 0 aliphatic heterocycles. The molecule has 1 aromatic rings. The van der Waals surface area contributed by atoms with Gasteiger partial charge in [-0.25, -0.2) is 0 Å². The molecule has 0 aromatic heterocycles. The van der Waals surface area contributed by atoms with Crippen molar-refractivity contribution in [3.8, 4) is 5.75 Å². The number of amides is 1. The van der Waals surface area contributed by atoms with Crippen molar-refractivity contribution in [1.29, 1.82) is 0 Å². The fourth-order valence-electron chi connectivity index (χ4n) is 1.10. The lowest BCUT2D eigenvalue weighted by atomic mass is 10.2. The van der Waals surface area contributed by atoms with Crippen molar-refractivity contribution in [3.63, 3.8) is 0 Å². The van der Waals surface area contributed by atoms with Crippen LogP contribution in [0.4, 0.5) is 0 Å². The lowest BCUT2D eigenvalue weighted by molar-refractivity contribution is -0.122. The molecule has 0 aliphatic rings. The number of carbonyl (C=O) groups excluding carboxylic acids is 1. The number of benzene rings is 1. The van der Waals surface area contributed by atoms with Gasteiger partial charge in [0.1, 0.15) is 5.75 Å². The topological polar surface area (TPSA) is 64.3 Å². The third kappa shape index (κ3) is 4.27. The van der Waals surface area contributed by atoms with Crippen molar-refractivity contribution >= 4 is 23.1 Å². The molecule has 1 aromatic carbocycles. The second-order valence-corrected chi connectivity index (χ2v) is 3.82. The van der Waals surface area contributed by atoms with Crippen LogP contribution in [-0.2, 0) is 4.79 Å². The molecule has 0 saturated heterocycles. The molecule has 0 saturated carbocycles. The van der Waals surface area contributed by atoms with Gasteiger partial charge in [0.25, 0.3) is 5.91 Å². The van der Waals surface area contributed by atoms with E-state index in [4.69, 9.17) is 10.5 Å². The van der Waals surface area contributed by atoms with Gasteiger partial charge in [-0.2, -0.15) is 0 Å². The number of hydrogen-bond acceptors (Lipinski definition) is 3. The van der Waals surface area contributed by atoms with Crippen LogP contribution >= 0.6 is 12.2 Å². The first-order chi connectivity index (χ1) is 7.59. The van der Waals surface area contributed by atoms with Gasteiger partial charge in [-0.3, -0.25) is 4.79 Å². The van der Waals surface area contributed by atoms with Crippen LogP contribution in [0.3, 0.4) is 0 Å². The maximum Gasteiger partial charge on any atom is 0.258 e. The number of carbonyl (C=O) groups is 1. The largest absolute Gasteiger partial charge is 0.484 e. The van der Waals surface area contributed by atoms with Crippen LogP contribution < -0.4 is 15.8 Å². The number of aryl methyl sites for hydroxylation is 1. The van der Waals surface area contributed by atoms with Gasteiger partial charge >= 0.3 is 0 Å². The van der Waals surface area contributed by atoms with Gasteiger partial charge in [-0.05, 0) is 18.6 Å². The standard InChI is InChI=1S/C11H14N2O2S/c1-8-4-2-3-5-9(8)15-7-11(14)13-6-10(12)16/h2-5H,6-7H2,1H3,(H2,12,16)(H,13,14). The van der Waals surface area contributed by atoms with Crippen molar-refractivity contribution in [1.82, 2.24) is 5.32 Å². The van der Waals surface area contributed by atoms with Gasteiger partial charge in [-0.1, -0.05) is 30.4 Å². The SMILES string of the molecule is Cc1ccccc1OCC(=O)NCC(N)=S. The molecule has 4 nitrogen and oxygen atoms in total. The third-order valence-corrected chi connectivity index (χ3v) is 2.06. The van der Waals surface area contributed by atoms with Crippen LogP contribution in [0.15, 0.2) is 24.3 Å².